The quantitative estimate of drug-likeness (QED) is 0.878. The summed E-state index contributed by atoms with van der Waals surface area (Å²) in [6.07, 6.45) is 3.60. The first-order valence-electron chi connectivity index (χ1n) is 6.60. The fraction of sp³-hybridized carbons (Fsp3) is 0.692. The molecule has 6 heteroatoms. The average Bonchev–Trinajstić information content (AvgIpc) is 2.97. The lowest BCUT2D eigenvalue weighted by Crippen LogP contribution is -2.42. The molecule has 0 bridgehead atoms. The van der Waals surface area contributed by atoms with Crippen molar-refractivity contribution in [3.63, 3.8) is 0 Å². The van der Waals surface area contributed by atoms with Gasteiger partial charge in [-0.25, -0.2) is 4.98 Å². The molecule has 1 aliphatic rings. The first-order valence-corrected chi connectivity index (χ1v) is 7.48. The highest BCUT2D eigenvalue weighted by atomic mass is 32.1. The lowest BCUT2D eigenvalue weighted by Gasteiger charge is -2.28. The van der Waals surface area contributed by atoms with Gasteiger partial charge in [-0.1, -0.05) is 12.8 Å². The summed E-state index contributed by atoms with van der Waals surface area (Å²) in [5, 5.41) is 12.8. The standard InChI is InChI=1S/C13H21N3O2S/c1-9(14)11-15-10(7-19-11)12(17)16(2)8-13(18)5-3-4-6-13/h7,9,18H,3-6,8,14H2,1-2H3. The van der Waals surface area contributed by atoms with Gasteiger partial charge in [0.15, 0.2) is 0 Å². The highest BCUT2D eigenvalue weighted by Gasteiger charge is 2.34. The zero-order valence-electron chi connectivity index (χ0n) is 11.4. The fourth-order valence-electron chi connectivity index (χ4n) is 2.50. The van der Waals surface area contributed by atoms with E-state index < -0.39 is 5.60 Å². The van der Waals surface area contributed by atoms with Crippen molar-refractivity contribution in [1.29, 1.82) is 0 Å². The van der Waals surface area contributed by atoms with Crippen LogP contribution in [0, 0.1) is 0 Å². The molecule has 106 valence electrons. The van der Waals surface area contributed by atoms with Gasteiger partial charge >= 0.3 is 0 Å². The van der Waals surface area contributed by atoms with E-state index >= 15 is 0 Å². The second-order valence-electron chi connectivity index (χ2n) is 5.45. The number of aliphatic hydroxyl groups is 1. The minimum atomic E-state index is -0.718. The number of carbonyl (C=O) groups is 1. The number of amides is 1. The normalized spacial score (nSPS) is 19.4. The van der Waals surface area contributed by atoms with E-state index in [1.807, 2.05) is 6.92 Å². The van der Waals surface area contributed by atoms with Crippen LogP contribution < -0.4 is 5.73 Å². The third kappa shape index (κ3) is 3.32. The maximum absolute atomic E-state index is 12.2. The van der Waals surface area contributed by atoms with E-state index in [-0.39, 0.29) is 11.9 Å². The molecule has 0 aromatic carbocycles. The third-order valence-corrected chi connectivity index (χ3v) is 4.59. The molecule has 0 saturated heterocycles. The number of nitrogens with two attached hydrogens (primary N) is 1. The molecule has 2 rings (SSSR count). The number of hydrogen-bond donors (Lipinski definition) is 2. The van der Waals surface area contributed by atoms with Crippen molar-refractivity contribution in [2.75, 3.05) is 13.6 Å². The predicted octanol–water partition coefficient (Wildman–Crippen LogP) is 1.54. The Morgan fingerprint density at radius 3 is 2.79 bits per heavy atom. The fourth-order valence-corrected chi connectivity index (χ4v) is 3.25. The number of carbonyl (C=O) groups excluding carboxylic acids is 1. The van der Waals surface area contributed by atoms with Crippen molar-refractivity contribution in [1.82, 2.24) is 9.88 Å². The van der Waals surface area contributed by atoms with Crippen LogP contribution in [0.3, 0.4) is 0 Å². The first-order chi connectivity index (χ1) is 8.91. The Balaban J connectivity index is 2.01. The summed E-state index contributed by atoms with van der Waals surface area (Å²) < 4.78 is 0. The van der Waals surface area contributed by atoms with Crippen LogP contribution in [0.2, 0.25) is 0 Å². The minimum Gasteiger partial charge on any atom is -0.388 e. The van der Waals surface area contributed by atoms with Crippen LogP contribution in [0.4, 0.5) is 0 Å². The van der Waals surface area contributed by atoms with Crippen LogP contribution in [0.1, 0.15) is 54.1 Å². The molecule has 1 fully saturated rings. The Labute approximate surface area is 117 Å². The van der Waals surface area contributed by atoms with Crippen LogP contribution in [-0.2, 0) is 0 Å². The van der Waals surface area contributed by atoms with Gasteiger partial charge < -0.3 is 15.7 Å². The van der Waals surface area contributed by atoms with Gasteiger partial charge in [0, 0.05) is 19.0 Å². The molecular weight excluding hydrogens is 262 g/mol. The van der Waals surface area contributed by atoms with E-state index in [0.29, 0.717) is 12.2 Å². The van der Waals surface area contributed by atoms with Crippen molar-refractivity contribution in [3.8, 4) is 0 Å². The molecule has 1 atom stereocenters. The van der Waals surface area contributed by atoms with Crippen molar-refractivity contribution in [2.45, 2.75) is 44.2 Å². The van der Waals surface area contributed by atoms with Gasteiger partial charge in [-0.2, -0.15) is 0 Å². The summed E-state index contributed by atoms with van der Waals surface area (Å²) in [4.78, 5) is 18.0. The highest BCUT2D eigenvalue weighted by molar-refractivity contribution is 7.09. The Morgan fingerprint density at radius 1 is 1.63 bits per heavy atom. The molecule has 1 aliphatic carbocycles. The number of rotatable bonds is 4. The molecule has 3 N–H and O–H groups in total. The minimum absolute atomic E-state index is 0.150. The highest BCUT2D eigenvalue weighted by Crippen LogP contribution is 2.30. The van der Waals surface area contributed by atoms with Crippen LogP contribution in [0.5, 0.6) is 0 Å². The summed E-state index contributed by atoms with van der Waals surface area (Å²) >= 11 is 1.40. The maximum atomic E-state index is 12.2. The SMILES string of the molecule is CC(N)c1nc(C(=O)N(C)CC2(O)CCCC2)cs1. The summed E-state index contributed by atoms with van der Waals surface area (Å²) in [5.41, 5.74) is 5.44. The molecule has 1 unspecified atom stereocenters. The molecule has 19 heavy (non-hydrogen) atoms. The largest absolute Gasteiger partial charge is 0.388 e. The second-order valence-corrected chi connectivity index (χ2v) is 6.34. The van der Waals surface area contributed by atoms with Gasteiger partial charge in [0.05, 0.1) is 11.6 Å². The van der Waals surface area contributed by atoms with Crippen LogP contribution >= 0.6 is 11.3 Å². The Kier molecular flexibility index (Phi) is 4.23. The molecule has 1 aromatic rings. The molecule has 1 amide bonds. The van der Waals surface area contributed by atoms with E-state index in [1.54, 1.807) is 17.3 Å². The molecule has 1 heterocycles. The Hall–Kier alpha value is -0.980. The number of nitrogens with zero attached hydrogens (tertiary/aromatic N) is 2. The van der Waals surface area contributed by atoms with Crippen molar-refractivity contribution in [2.24, 2.45) is 5.73 Å². The van der Waals surface area contributed by atoms with E-state index in [0.717, 1.165) is 30.7 Å². The maximum Gasteiger partial charge on any atom is 0.273 e. The van der Waals surface area contributed by atoms with Gasteiger partial charge in [-0.3, -0.25) is 4.79 Å². The van der Waals surface area contributed by atoms with E-state index in [1.165, 1.54) is 11.3 Å². The van der Waals surface area contributed by atoms with E-state index in [4.69, 9.17) is 5.73 Å². The van der Waals surface area contributed by atoms with Gasteiger partial charge in [0.1, 0.15) is 10.7 Å². The van der Waals surface area contributed by atoms with Crippen LogP contribution in [0.15, 0.2) is 5.38 Å². The Morgan fingerprint density at radius 2 is 2.26 bits per heavy atom. The zero-order valence-corrected chi connectivity index (χ0v) is 12.2. The molecule has 1 saturated carbocycles. The number of thiazole rings is 1. The zero-order chi connectivity index (χ0) is 14.0. The molecule has 0 aliphatic heterocycles. The van der Waals surface area contributed by atoms with Crippen molar-refractivity contribution >= 4 is 17.2 Å². The lowest BCUT2D eigenvalue weighted by atomic mass is 10.0. The molecule has 0 spiro atoms. The molecular formula is C13H21N3O2S. The first kappa shape index (κ1) is 14.4. The Bertz CT molecular complexity index is 452. The molecule has 5 nitrogen and oxygen atoms in total. The van der Waals surface area contributed by atoms with Gasteiger partial charge in [0.2, 0.25) is 0 Å². The smallest absolute Gasteiger partial charge is 0.273 e. The number of hydrogen-bond acceptors (Lipinski definition) is 5. The second kappa shape index (κ2) is 5.56. The van der Waals surface area contributed by atoms with E-state index in [2.05, 4.69) is 4.98 Å². The van der Waals surface area contributed by atoms with Crippen LogP contribution in [-0.4, -0.2) is 40.1 Å². The summed E-state index contributed by atoms with van der Waals surface area (Å²) in [6, 6.07) is -0.157. The topological polar surface area (TPSA) is 79.5 Å². The number of likely N-dealkylation sites (N-methyl/N-ethyl adjacent to an activating group) is 1. The van der Waals surface area contributed by atoms with Crippen molar-refractivity contribution < 1.29 is 9.90 Å². The number of aromatic nitrogens is 1. The van der Waals surface area contributed by atoms with Gasteiger partial charge in [0.25, 0.3) is 5.91 Å². The molecule has 1 aromatic heterocycles. The third-order valence-electron chi connectivity index (χ3n) is 3.54. The summed E-state index contributed by atoms with van der Waals surface area (Å²) in [5.74, 6) is -0.150. The van der Waals surface area contributed by atoms with Crippen LogP contribution in [0.25, 0.3) is 0 Å². The predicted molar refractivity (Wildman–Crippen MR) is 75.1 cm³/mol. The average molecular weight is 283 g/mol. The van der Waals surface area contributed by atoms with Gasteiger partial charge in [-0.05, 0) is 19.8 Å². The summed E-state index contributed by atoms with van der Waals surface area (Å²) in [6.45, 7) is 2.22. The molecule has 0 radical (unpaired) electrons. The summed E-state index contributed by atoms with van der Waals surface area (Å²) in [7, 11) is 1.71. The van der Waals surface area contributed by atoms with E-state index in [9.17, 15) is 9.90 Å². The monoisotopic (exact) mass is 283 g/mol. The van der Waals surface area contributed by atoms with Crippen molar-refractivity contribution in [3.05, 3.63) is 16.1 Å². The lowest BCUT2D eigenvalue weighted by molar-refractivity contribution is 0.0155. The van der Waals surface area contributed by atoms with Gasteiger partial charge in [-0.15, -0.1) is 11.3 Å².